The summed E-state index contributed by atoms with van der Waals surface area (Å²) < 4.78 is 6.81. The molecule has 0 amide bonds. The van der Waals surface area contributed by atoms with E-state index in [9.17, 15) is 4.79 Å². The zero-order valence-corrected chi connectivity index (χ0v) is 14.8. The average molecular weight is 366 g/mol. The molecule has 3 rings (SSSR count). The number of fused-ring (bicyclic) bond motifs is 1. The molecule has 0 saturated carbocycles. The van der Waals surface area contributed by atoms with Gasteiger partial charge in [-0.1, -0.05) is 36.8 Å². The van der Waals surface area contributed by atoms with E-state index in [-0.39, 0.29) is 5.56 Å². The van der Waals surface area contributed by atoms with Crippen LogP contribution in [0.1, 0.15) is 19.4 Å². The molecule has 0 spiro atoms. The van der Waals surface area contributed by atoms with Crippen LogP contribution in [-0.4, -0.2) is 26.2 Å². The number of pyridine rings is 1. The van der Waals surface area contributed by atoms with E-state index in [1.165, 1.54) is 28.1 Å². The van der Waals surface area contributed by atoms with Crippen molar-refractivity contribution in [3.63, 3.8) is 0 Å². The van der Waals surface area contributed by atoms with Gasteiger partial charge >= 0.3 is 0 Å². The fourth-order valence-electron chi connectivity index (χ4n) is 1.91. The Morgan fingerprint density at radius 3 is 2.96 bits per heavy atom. The fourth-order valence-corrected chi connectivity index (χ4v) is 2.92. The van der Waals surface area contributed by atoms with Crippen LogP contribution in [0.15, 0.2) is 29.3 Å². The van der Waals surface area contributed by atoms with Crippen LogP contribution in [0, 0.1) is 5.92 Å². The highest BCUT2D eigenvalue weighted by molar-refractivity contribution is 7.20. The summed E-state index contributed by atoms with van der Waals surface area (Å²) >= 11 is 7.50. The maximum Gasteiger partial charge on any atom is 0.275 e. The largest absolute Gasteiger partial charge is 0.476 e. The van der Waals surface area contributed by atoms with Crippen molar-refractivity contribution >= 4 is 33.0 Å². The minimum Gasteiger partial charge on any atom is -0.476 e. The second kappa shape index (κ2) is 7.14. The first-order valence-electron chi connectivity index (χ1n) is 7.39. The van der Waals surface area contributed by atoms with Crippen molar-refractivity contribution in [1.29, 1.82) is 0 Å². The topological polar surface area (TPSA) is 81.4 Å². The second-order valence-corrected chi connectivity index (χ2v) is 6.94. The highest BCUT2D eigenvalue weighted by atomic mass is 35.5. The highest BCUT2D eigenvalue weighted by Gasteiger charge is 2.08. The van der Waals surface area contributed by atoms with Crippen LogP contribution in [0.25, 0.3) is 4.96 Å². The summed E-state index contributed by atoms with van der Waals surface area (Å²) in [6.45, 7) is 5.16. The highest BCUT2D eigenvalue weighted by Crippen LogP contribution is 2.24. The molecule has 3 heterocycles. The summed E-state index contributed by atoms with van der Waals surface area (Å²) in [5, 5.41) is 8.40. The van der Waals surface area contributed by atoms with Crippen LogP contribution in [0.4, 0.5) is 5.13 Å². The van der Waals surface area contributed by atoms with E-state index in [1.54, 1.807) is 12.3 Å². The zero-order valence-electron chi connectivity index (χ0n) is 13.2. The predicted octanol–water partition coefficient (Wildman–Crippen LogP) is 2.85. The third-order valence-corrected chi connectivity index (χ3v) is 4.18. The maximum atomic E-state index is 11.7. The minimum atomic E-state index is -0.208. The molecule has 24 heavy (non-hydrogen) atoms. The Bertz CT molecular complexity index is 908. The summed E-state index contributed by atoms with van der Waals surface area (Å²) in [7, 11) is 0. The first-order valence-corrected chi connectivity index (χ1v) is 8.58. The van der Waals surface area contributed by atoms with Crippen molar-refractivity contribution in [2.75, 3.05) is 11.9 Å². The Kier molecular flexibility index (Phi) is 4.96. The summed E-state index contributed by atoms with van der Waals surface area (Å²) in [4.78, 5) is 20.5. The first-order chi connectivity index (χ1) is 11.5. The molecule has 0 aliphatic heterocycles. The number of aromatic nitrogens is 4. The molecule has 7 nitrogen and oxygen atoms in total. The van der Waals surface area contributed by atoms with Crippen LogP contribution in [0.3, 0.4) is 0 Å². The minimum absolute atomic E-state index is 0.208. The number of ether oxygens (including phenoxy) is 1. The second-order valence-electron chi connectivity index (χ2n) is 5.57. The van der Waals surface area contributed by atoms with Gasteiger partial charge < -0.3 is 10.1 Å². The SMILES string of the molecule is CC(C)COc1ncc(CNc2nn3c(=O)ccnc3s2)cc1Cl. The molecule has 3 aromatic rings. The third-order valence-electron chi connectivity index (χ3n) is 3.03. The molecule has 0 saturated heterocycles. The van der Waals surface area contributed by atoms with Crippen LogP contribution in [-0.2, 0) is 6.54 Å². The monoisotopic (exact) mass is 365 g/mol. The molecule has 0 aliphatic carbocycles. The Balaban J connectivity index is 1.68. The lowest BCUT2D eigenvalue weighted by atomic mass is 10.2. The number of hydrogen-bond donors (Lipinski definition) is 1. The predicted molar refractivity (Wildman–Crippen MR) is 94.0 cm³/mol. The molecule has 126 valence electrons. The first kappa shape index (κ1) is 16.7. The van der Waals surface area contributed by atoms with Crippen LogP contribution < -0.4 is 15.6 Å². The molecule has 0 radical (unpaired) electrons. The van der Waals surface area contributed by atoms with Gasteiger partial charge in [-0.3, -0.25) is 4.79 Å². The molecule has 0 atom stereocenters. The number of halogens is 1. The van der Waals surface area contributed by atoms with Gasteiger partial charge in [0.25, 0.3) is 5.56 Å². The van der Waals surface area contributed by atoms with Gasteiger partial charge in [0.05, 0.1) is 6.61 Å². The van der Waals surface area contributed by atoms with Crippen molar-refractivity contribution in [3.05, 3.63) is 45.5 Å². The summed E-state index contributed by atoms with van der Waals surface area (Å²) in [6, 6.07) is 3.17. The Morgan fingerprint density at radius 1 is 1.42 bits per heavy atom. The van der Waals surface area contributed by atoms with Crippen molar-refractivity contribution in [1.82, 2.24) is 19.6 Å². The Morgan fingerprint density at radius 2 is 2.25 bits per heavy atom. The van der Waals surface area contributed by atoms with Gasteiger partial charge in [0.2, 0.25) is 16.0 Å². The van der Waals surface area contributed by atoms with Crippen molar-refractivity contribution in [2.24, 2.45) is 5.92 Å². The maximum absolute atomic E-state index is 11.7. The van der Waals surface area contributed by atoms with Gasteiger partial charge in [-0.2, -0.15) is 4.52 Å². The number of rotatable bonds is 6. The normalized spacial score (nSPS) is 11.2. The van der Waals surface area contributed by atoms with E-state index in [0.29, 0.717) is 40.1 Å². The standard InChI is InChI=1S/C15H16ClN5O2S/c1-9(2)8-23-13-11(16)5-10(6-18-13)7-19-14-20-21-12(22)3-4-17-15(21)24-14/h3-6,9H,7-8H2,1-2H3,(H,19,20). The zero-order chi connectivity index (χ0) is 17.1. The van der Waals surface area contributed by atoms with E-state index < -0.39 is 0 Å². The number of nitrogens with one attached hydrogen (secondary N) is 1. The molecule has 3 aromatic heterocycles. The van der Waals surface area contributed by atoms with Crippen molar-refractivity contribution < 1.29 is 4.74 Å². The van der Waals surface area contributed by atoms with E-state index in [2.05, 4.69) is 34.2 Å². The smallest absolute Gasteiger partial charge is 0.275 e. The number of anilines is 1. The van der Waals surface area contributed by atoms with Gasteiger partial charge in [0, 0.05) is 25.0 Å². The van der Waals surface area contributed by atoms with E-state index >= 15 is 0 Å². The van der Waals surface area contributed by atoms with Crippen molar-refractivity contribution in [3.8, 4) is 5.88 Å². The van der Waals surface area contributed by atoms with E-state index in [4.69, 9.17) is 16.3 Å². The Labute approximate surface area is 147 Å². The Hall–Kier alpha value is -2.19. The lowest BCUT2D eigenvalue weighted by molar-refractivity contribution is 0.261. The summed E-state index contributed by atoms with van der Waals surface area (Å²) in [5.41, 5.74) is 0.678. The van der Waals surface area contributed by atoms with Gasteiger partial charge in [-0.25, -0.2) is 9.97 Å². The van der Waals surface area contributed by atoms with Gasteiger partial charge in [-0.05, 0) is 17.5 Å². The van der Waals surface area contributed by atoms with E-state index in [1.807, 2.05) is 0 Å². The molecule has 0 fully saturated rings. The van der Waals surface area contributed by atoms with Gasteiger partial charge in [0.1, 0.15) is 5.02 Å². The molecule has 0 bridgehead atoms. The van der Waals surface area contributed by atoms with Crippen LogP contribution >= 0.6 is 22.9 Å². The average Bonchev–Trinajstić information content (AvgIpc) is 2.96. The lowest BCUT2D eigenvalue weighted by Gasteiger charge is -2.10. The summed E-state index contributed by atoms with van der Waals surface area (Å²) in [6.07, 6.45) is 3.17. The quantitative estimate of drug-likeness (QED) is 0.723. The van der Waals surface area contributed by atoms with Gasteiger partial charge in [-0.15, -0.1) is 5.10 Å². The molecule has 0 unspecified atom stereocenters. The molecule has 0 aliphatic rings. The lowest BCUT2D eigenvalue weighted by Crippen LogP contribution is -2.12. The number of nitrogens with zero attached hydrogens (tertiary/aromatic N) is 4. The van der Waals surface area contributed by atoms with Crippen LogP contribution in [0.5, 0.6) is 5.88 Å². The van der Waals surface area contributed by atoms with Crippen molar-refractivity contribution in [2.45, 2.75) is 20.4 Å². The molecular formula is C15H16ClN5O2S. The van der Waals surface area contributed by atoms with Crippen LogP contribution in [0.2, 0.25) is 5.02 Å². The summed E-state index contributed by atoms with van der Waals surface area (Å²) in [5.74, 6) is 0.838. The van der Waals surface area contributed by atoms with E-state index in [0.717, 1.165) is 5.56 Å². The molecule has 1 N–H and O–H groups in total. The van der Waals surface area contributed by atoms with Gasteiger partial charge in [0.15, 0.2) is 0 Å². The number of hydrogen-bond acceptors (Lipinski definition) is 7. The molecule has 9 heteroatoms. The molecular weight excluding hydrogens is 350 g/mol. The third kappa shape index (κ3) is 3.82. The fraction of sp³-hybridized carbons (Fsp3) is 0.333. The molecule has 0 aromatic carbocycles.